The van der Waals surface area contributed by atoms with Crippen LogP contribution >= 0.6 is 0 Å². The number of benzene rings is 2. The van der Waals surface area contributed by atoms with Gasteiger partial charge in [-0.05, 0) is 49.1 Å². The lowest BCUT2D eigenvalue weighted by Gasteiger charge is -2.39. The van der Waals surface area contributed by atoms with Crippen LogP contribution in [0.25, 0.3) is 5.69 Å². The molecule has 6 rings (SSSR count). The smallest absolute Gasteiger partial charge is 0.352 e. The highest BCUT2D eigenvalue weighted by Gasteiger charge is 2.44. The van der Waals surface area contributed by atoms with Gasteiger partial charge in [0.05, 0.1) is 39.0 Å². The topological polar surface area (TPSA) is 108 Å². The van der Waals surface area contributed by atoms with Crippen molar-refractivity contribution in [2.24, 2.45) is 5.73 Å². The summed E-state index contributed by atoms with van der Waals surface area (Å²) in [7, 11) is 3.24. The van der Waals surface area contributed by atoms with Crippen molar-refractivity contribution in [3.05, 3.63) is 86.3 Å². The molecule has 10 nitrogen and oxygen atoms in total. The Hall–Kier alpha value is -4.21. The molecule has 3 N–H and O–H groups in total. The van der Waals surface area contributed by atoms with E-state index >= 15 is 0 Å². The van der Waals surface area contributed by atoms with Gasteiger partial charge < -0.3 is 9.47 Å². The second-order valence-corrected chi connectivity index (χ2v) is 9.71. The van der Waals surface area contributed by atoms with E-state index in [1.807, 2.05) is 41.0 Å². The summed E-state index contributed by atoms with van der Waals surface area (Å²) in [5.41, 5.74) is 9.55. The molecule has 2 aliphatic heterocycles. The molecule has 192 valence electrons. The van der Waals surface area contributed by atoms with Crippen molar-refractivity contribution >= 4 is 5.96 Å². The molecule has 1 fully saturated rings. The Balaban J connectivity index is 1.47. The number of fused-ring (bicyclic) bond motifs is 5. The third kappa shape index (κ3) is 3.66. The number of para-hydroxylation sites is 1. The molecule has 2 unspecified atom stereocenters. The summed E-state index contributed by atoms with van der Waals surface area (Å²) in [5, 5.41) is 3.43. The maximum Gasteiger partial charge on any atom is 0.352 e. The van der Waals surface area contributed by atoms with E-state index in [9.17, 15) is 9.59 Å². The Kier molecular flexibility index (Phi) is 5.66. The first kappa shape index (κ1) is 23.2. The Labute approximate surface area is 213 Å². The van der Waals surface area contributed by atoms with Crippen LogP contribution in [0.2, 0.25) is 0 Å². The molecule has 2 aromatic carbocycles. The van der Waals surface area contributed by atoms with Gasteiger partial charge in [0.1, 0.15) is 23.2 Å². The zero-order valence-electron chi connectivity index (χ0n) is 21.0. The molecule has 0 spiro atoms. The van der Waals surface area contributed by atoms with Gasteiger partial charge in [0.2, 0.25) is 0 Å². The molecular formula is C27H31N6O4+. The summed E-state index contributed by atoms with van der Waals surface area (Å²) in [6, 6.07) is 14.3. The first-order valence-corrected chi connectivity index (χ1v) is 12.6. The van der Waals surface area contributed by atoms with Crippen LogP contribution in [0, 0.1) is 0 Å². The van der Waals surface area contributed by atoms with Crippen LogP contribution in [0.3, 0.4) is 0 Å². The van der Waals surface area contributed by atoms with Crippen LogP contribution in [0.4, 0.5) is 0 Å². The summed E-state index contributed by atoms with van der Waals surface area (Å²) >= 11 is 0. The Morgan fingerprint density at radius 1 is 1.00 bits per heavy atom. The van der Waals surface area contributed by atoms with Gasteiger partial charge >= 0.3 is 17.3 Å². The molecular weight excluding hydrogens is 472 g/mol. The van der Waals surface area contributed by atoms with Crippen molar-refractivity contribution in [1.82, 2.24) is 19.2 Å². The van der Waals surface area contributed by atoms with Gasteiger partial charge in [-0.2, -0.15) is 0 Å². The van der Waals surface area contributed by atoms with E-state index < -0.39 is 0 Å². The van der Waals surface area contributed by atoms with Crippen LogP contribution in [0.15, 0.2) is 69.4 Å². The predicted octanol–water partition coefficient (Wildman–Crippen LogP) is 1.87. The molecule has 37 heavy (non-hydrogen) atoms. The highest BCUT2D eigenvalue weighted by atomic mass is 16.5. The summed E-state index contributed by atoms with van der Waals surface area (Å²) in [6.45, 7) is 0.907. The van der Waals surface area contributed by atoms with Crippen molar-refractivity contribution in [3.8, 4) is 17.2 Å². The number of guanidine groups is 1. The number of nitrogens with one attached hydrogen (secondary N) is 1. The van der Waals surface area contributed by atoms with Gasteiger partial charge in [-0.15, -0.1) is 0 Å². The average Bonchev–Trinajstić information content (AvgIpc) is 3.20. The number of allylic oxidation sites excluding steroid dienone is 1. The lowest BCUT2D eigenvalue weighted by Crippen LogP contribution is -2.54. The van der Waals surface area contributed by atoms with Crippen molar-refractivity contribution in [1.29, 1.82) is 0 Å². The first-order valence-electron chi connectivity index (χ1n) is 12.6. The Bertz CT molecular complexity index is 1550. The number of methoxy groups -OCH3 is 2. The van der Waals surface area contributed by atoms with E-state index in [1.165, 1.54) is 10.1 Å². The van der Waals surface area contributed by atoms with E-state index in [2.05, 4.69) is 5.32 Å². The van der Waals surface area contributed by atoms with E-state index in [0.29, 0.717) is 36.2 Å². The van der Waals surface area contributed by atoms with Crippen molar-refractivity contribution in [2.75, 3.05) is 20.8 Å². The lowest BCUT2D eigenvalue weighted by atomic mass is 9.85. The number of nitrogens with zero attached hydrogens (tertiary/aromatic N) is 4. The maximum atomic E-state index is 13.8. The number of nitrogens with two attached hydrogens (primary N) is 1. The van der Waals surface area contributed by atoms with E-state index in [0.717, 1.165) is 36.9 Å². The number of rotatable bonds is 5. The maximum absolute atomic E-state index is 13.8. The Morgan fingerprint density at radius 2 is 1.76 bits per heavy atom. The zero-order chi connectivity index (χ0) is 25.7. The van der Waals surface area contributed by atoms with Crippen LogP contribution < -0.4 is 31.9 Å². The molecule has 0 bridgehead atoms. The fourth-order valence-corrected chi connectivity index (χ4v) is 5.94. The van der Waals surface area contributed by atoms with Gasteiger partial charge in [0.15, 0.2) is 0 Å². The summed E-state index contributed by atoms with van der Waals surface area (Å²) in [6.07, 6.45) is 3.75. The van der Waals surface area contributed by atoms with E-state index in [1.54, 1.807) is 35.7 Å². The Morgan fingerprint density at radius 3 is 2.49 bits per heavy atom. The van der Waals surface area contributed by atoms with Crippen LogP contribution in [-0.2, 0) is 6.54 Å². The molecule has 1 aromatic heterocycles. The van der Waals surface area contributed by atoms with Crippen molar-refractivity contribution < 1.29 is 14.0 Å². The first-order chi connectivity index (χ1) is 18.0. The largest absolute Gasteiger partial charge is 0.497 e. The van der Waals surface area contributed by atoms with Gasteiger partial charge in [-0.1, -0.05) is 24.6 Å². The highest BCUT2D eigenvalue weighted by molar-refractivity contribution is 5.76. The molecule has 0 saturated heterocycles. The lowest BCUT2D eigenvalue weighted by molar-refractivity contribution is -0.554. The summed E-state index contributed by atoms with van der Waals surface area (Å²) in [5.74, 6) is 1.92. The number of hydrogen-bond acceptors (Lipinski definition) is 6. The van der Waals surface area contributed by atoms with Crippen molar-refractivity contribution in [3.63, 3.8) is 0 Å². The van der Waals surface area contributed by atoms with Crippen LogP contribution in [0.1, 0.15) is 43.3 Å². The minimum atomic E-state index is -0.369. The third-order valence-corrected chi connectivity index (χ3v) is 7.72. The molecule has 10 heteroatoms. The van der Waals surface area contributed by atoms with Gasteiger partial charge in [-0.25, -0.2) is 28.8 Å². The molecule has 1 saturated carbocycles. The fourth-order valence-electron chi connectivity index (χ4n) is 5.94. The van der Waals surface area contributed by atoms with Crippen LogP contribution in [-0.4, -0.2) is 45.2 Å². The van der Waals surface area contributed by atoms with Crippen molar-refractivity contribution in [2.45, 2.75) is 44.3 Å². The molecule has 3 aliphatic rings. The van der Waals surface area contributed by atoms with E-state index in [4.69, 9.17) is 15.2 Å². The molecule has 0 amide bonds. The second kappa shape index (κ2) is 9.02. The fraction of sp³-hybridized carbons (Fsp3) is 0.370. The third-order valence-electron chi connectivity index (χ3n) is 7.72. The van der Waals surface area contributed by atoms with Gasteiger partial charge in [-0.3, -0.25) is 10.3 Å². The standard InChI is InChI=1S/C27H30N6O4/c1-36-19-13-12-17(23(14-19)37-2)15-30-16-22-24(29-25(30)28)20-10-6-7-11-21(20)32-26(34)31(27(35)33(22)32)18-8-4-3-5-9-18/h3-5,8-9,12-14,21-22H,6-7,10-11,15-16H2,1-2H3,(H2,28,29)/p+1. The van der Waals surface area contributed by atoms with Gasteiger partial charge in [0, 0.05) is 11.6 Å². The summed E-state index contributed by atoms with van der Waals surface area (Å²) < 4.78 is 17.5. The quantitative estimate of drug-likeness (QED) is 0.515. The number of aromatic nitrogens is 3. The zero-order valence-corrected chi connectivity index (χ0v) is 21.0. The summed E-state index contributed by atoms with van der Waals surface area (Å²) in [4.78, 5) is 27.6. The minimum absolute atomic E-state index is 0.154. The van der Waals surface area contributed by atoms with E-state index in [-0.39, 0.29) is 23.5 Å². The average molecular weight is 504 g/mol. The second-order valence-electron chi connectivity index (χ2n) is 9.71. The molecule has 3 aromatic rings. The predicted molar refractivity (Wildman–Crippen MR) is 139 cm³/mol. The normalized spacial score (nSPS) is 20.6. The molecule has 2 atom stereocenters. The highest BCUT2D eigenvalue weighted by Crippen LogP contribution is 2.41. The van der Waals surface area contributed by atoms with Crippen LogP contribution in [0.5, 0.6) is 11.5 Å². The minimum Gasteiger partial charge on any atom is -0.497 e. The SMILES string of the molecule is COc1ccc(C[N+]2=C(N)NC3=C4CCCCC4n4c(=O)n(-c5ccccc5)c(=O)n4C3C2)c(OC)c1. The number of hydrogen-bond donors (Lipinski definition) is 2. The monoisotopic (exact) mass is 503 g/mol. The van der Waals surface area contributed by atoms with Gasteiger partial charge in [0.25, 0.3) is 0 Å². The molecule has 1 aliphatic carbocycles. The molecule has 3 heterocycles. The number of ether oxygens (including phenoxy) is 2. The molecule has 0 radical (unpaired) electrons.